The monoisotopic (exact) mass is 370 g/mol. The first-order valence-electron chi connectivity index (χ1n) is 3.32. The summed E-state index contributed by atoms with van der Waals surface area (Å²) in [4.78, 5) is 10.9. The Hall–Kier alpha value is 0.130. The summed E-state index contributed by atoms with van der Waals surface area (Å²) in [6.45, 7) is 0. The lowest BCUT2D eigenvalue weighted by Gasteiger charge is -2.16. The van der Waals surface area contributed by atoms with Crippen molar-refractivity contribution in [3.8, 4) is 0 Å². The van der Waals surface area contributed by atoms with E-state index in [1.807, 2.05) is 6.07 Å². The van der Waals surface area contributed by atoms with Gasteiger partial charge in [0.25, 0.3) is 0 Å². The van der Waals surface area contributed by atoms with E-state index in [-0.39, 0.29) is 0 Å². The smallest absolute Gasteiger partial charge is 0.336 e. The van der Waals surface area contributed by atoms with Crippen LogP contribution in [0.3, 0.4) is 0 Å². The highest BCUT2D eigenvalue weighted by Gasteiger charge is 2.35. The van der Waals surface area contributed by atoms with Crippen LogP contribution >= 0.6 is 47.8 Å². The van der Waals surface area contributed by atoms with Crippen molar-refractivity contribution in [1.82, 2.24) is 0 Å². The topological polar surface area (TPSA) is 37.3 Å². The van der Waals surface area contributed by atoms with Gasteiger partial charge < -0.3 is 5.11 Å². The average Bonchev–Trinajstić information content (AvgIpc) is 2.04. The van der Waals surface area contributed by atoms with Gasteiger partial charge in [0.15, 0.2) is 0 Å². The number of hydrogen-bond donors (Lipinski definition) is 1. The maximum atomic E-state index is 10.9. The van der Waals surface area contributed by atoms with Gasteiger partial charge in [0, 0.05) is 10.0 Å². The van der Waals surface area contributed by atoms with Gasteiger partial charge in [0.2, 0.25) is 3.23 Å². The van der Waals surface area contributed by atoms with Crippen LogP contribution in [-0.2, 0) is 8.03 Å². The zero-order valence-corrected chi connectivity index (χ0v) is 11.1. The van der Waals surface area contributed by atoms with Crippen molar-refractivity contribution in [3.63, 3.8) is 0 Å². The molecule has 0 atom stereocenters. The number of hydrogen-bond acceptors (Lipinski definition) is 1. The van der Waals surface area contributed by atoms with E-state index >= 15 is 0 Å². The van der Waals surface area contributed by atoms with Crippen molar-refractivity contribution in [3.05, 3.63) is 34.3 Å². The lowest BCUT2D eigenvalue weighted by molar-refractivity contribution is -0.137. The molecule has 0 aromatic heterocycles. The van der Waals surface area contributed by atoms with Gasteiger partial charge in [0.05, 0.1) is 0 Å². The third-order valence-corrected chi connectivity index (χ3v) is 3.70. The summed E-state index contributed by atoms with van der Waals surface area (Å²) in [5.41, 5.74) is 0.627. The minimum Gasteiger partial charge on any atom is -0.479 e. The van der Waals surface area contributed by atoms with E-state index < -0.39 is 9.20 Å². The molecule has 70 valence electrons. The van der Waals surface area contributed by atoms with Crippen LogP contribution < -0.4 is 0 Å². The van der Waals surface area contributed by atoms with Gasteiger partial charge >= 0.3 is 5.97 Å². The fourth-order valence-electron chi connectivity index (χ4n) is 0.831. The van der Waals surface area contributed by atoms with Gasteiger partial charge in [-0.05, 0) is 6.07 Å². The summed E-state index contributed by atoms with van der Waals surface area (Å²) in [6.07, 6.45) is 0. The normalized spacial score (nSPS) is 11.3. The largest absolute Gasteiger partial charge is 0.479 e. The molecule has 2 nitrogen and oxygen atoms in total. The average molecular weight is 373 g/mol. The van der Waals surface area contributed by atoms with E-state index in [0.29, 0.717) is 5.56 Å². The van der Waals surface area contributed by atoms with E-state index in [2.05, 4.69) is 47.8 Å². The lowest BCUT2D eigenvalue weighted by Crippen LogP contribution is -2.21. The summed E-state index contributed by atoms with van der Waals surface area (Å²) >= 11 is 9.46. The van der Waals surface area contributed by atoms with Crippen molar-refractivity contribution in [2.75, 3.05) is 0 Å². The molecule has 0 fully saturated rings. The Balaban J connectivity index is 3.22. The summed E-state index contributed by atoms with van der Waals surface area (Å²) in [5, 5.41) is 8.90. The first-order chi connectivity index (χ1) is 5.96. The summed E-state index contributed by atoms with van der Waals surface area (Å²) in [5.74, 6) is -0.987. The van der Waals surface area contributed by atoms with E-state index in [0.717, 1.165) is 4.47 Å². The van der Waals surface area contributed by atoms with Gasteiger partial charge in [-0.25, -0.2) is 4.79 Å². The van der Waals surface area contributed by atoms with Crippen LogP contribution in [0.4, 0.5) is 0 Å². The van der Waals surface area contributed by atoms with Crippen LogP contribution in [0.2, 0.25) is 0 Å². The molecule has 0 aliphatic rings. The molecule has 0 amide bonds. The number of carboxylic acid groups (broad SMARTS) is 1. The van der Waals surface area contributed by atoms with Crippen molar-refractivity contribution in [1.29, 1.82) is 0 Å². The number of alkyl halides is 2. The van der Waals surface area contributed by atoms with Crippen molar-refractivity contribution in [2.24, 2.45) is 0 Å². The Morgan fingerprint density at radius 2 is 1.85 bits per heavy atom. The molecule has 0 unspecified atom stereocenters. The quantitative estimate of drug-likeness (QED) is 0.807. The van der Waals surface area contributed by atoms with Crippen LogP contribution in [0.1, 0.15) is 5.56 Å². The molecule has 0 radical (unpaired) electrons. The number of aliphatic carboxylic acids is 1. The van der Waals surface area contributed by atoms with Gasteiger partial charge in [-0.15, -0.1) is 0 Å². The molecule has 0 bridgehead atoms. The van der Waals surface area contributed by atoms with Gasteiger partial charge in [-0.2, -0.15) is 0 Å². The Morgan fingerprint density at radius 1 is 1.31 bits per heavy atom. The van der Waals surface area contributed by atoms with Crippen LogP contribution in [0.15, 0.2) is 28.7 Å². The molecule has 1 aromatic carbocycles. The molecule has 1 N–H and O–H groups in total. The Labute approximate surface area is 101 Å². The molecule has 0 saturated carbocycles. The number of benzene rings is 1. The summed E-state index contributed by atoms with van der Waals surface area (Å²) in [6, 6.07) is 7.11. The van der Waals surface area contributed by atoms with Crippen LogP contribution in [0.5, 0.6) is 0 Å². The number of carbonyl (C=O) groups is 1. The molecule has 13 heavy (non-hydrogen) atoms. The van der Waals surface area contributed by atoms with Crippen LogP contribution in [0.25, 0.3) is 0 Å². The number of halogens is 3. The maximum absolute atomic E-state index is 10.9. The molecule has 0 spiro atoms. The SMILES string of the molecule is O=C(O)C(Br)(Br)c1ccccc1Br. The highest BCUT2D eigenvalue weighted by atomic mass is 79.9. The van der Waals surface area contributed by atoms with Gasteiger partial charge in [-0.1, -0.05) is 66.0 Å². The Morgan fingerprint density at radius 3 is 2.31 bits per heavy atom. The third-order valence-electron chi connectivity index (χ3n) is 1.48. The predicted octanol–water partition coefficient (Wildman–Crippen LogP) is 3.48. The minimum atomic E-state index is -1.22. The molecule has 0 aliphatic heterocycles. The molecule has 0 heterocycles. The Bertz CT molecular complexity index is 336. The predicted molar refractivity (Wildman–Crippen MR) is 61.3 cm³/mol. The lowest BCUT2D eigenvalue weighted by atomic mass is 10.1. The van der Waals surface area contributed by atoms with Crippen LogP contribution in [-0.4, -0.2) is 11.1 Å². The maximum Gasteiger partial charge on any atom is 0.336 e. The van der Waals surface area contributed by atoms with Crippen molar-refractivity contribution >= 4 is 53.8 Å². The fraction of sp³-hybridized carbons (Fsp3) is 0.125. The molecule has 0 saturated heterocycles. The zero-order chi connectivity index (χ0) is 10.1. The second-order valence-electron chi connectivity index (χ2n) is 2.36. The number of rotatable bonds is 2. The first kappa shape index (κ1) is 11.2. The first-order valence-corrected chi connectivity index (χ1v) is 5.70. The minimum absolute atomic E-state index is 0.627. The van der Waals surface area contributed by atoms with Gasteiger partial charge in [-0.3, -0.25) is 0 Å². The van der Waals surface area contributed by atoms with Crippen LogP contribution in [0, 0.1) is 0 Å². The molecule has 1 aromatic rings. The van der Waals surface area contributed by atoms with E-state index in [1.165, 1.54) is 0 Å². The summed E-state index contributed by atoms with van der Waals surface area (Å²) in [7, 11) is 0. The highest BCUT2D eigenvalue weighted by Crippen LogP contribution is 2.41. The fourth-order valence-corrected chi connectivity index (χ4v) is 2.64. The Kier molecular flexibility index (Phi) is 3.54. The highest BCUT2D eigenvalue weighted by molar-refractivity contribution is 9.25. The second-order valence-corrected chi connectivity index (χ2v) is 6.66. The van der Waals surface area contributed by atoms with E-state index in [4.69, 9.17) is 5.11 Å². The standard InChI is InChI=1S/C8H5Br3O2/c9-6-4-2-1-3-5(6)8(10,11)7(12)13/h1-4H,(H,12,13). The number of carboxylic acids is 1. The zero-order valence-electron chi connectivity index (χ0n) is 6.30. The molecule has 1 rings (SSSR count). The second kappa shape index (κ2) is 4.11. The molecule has 0 aliphatic carbocycles. The molecule has 5 heteroatoms. The van der Waals surface area contributed by atoms with Crippen molar-refractivity contribution < 1.29 is 9.90 Å². The van der Waals surface area contributed by atoms with E-state index in [9.17, 15) is 4.79 Å². The third kappa shape index (κ3) is 2.33. The van der Waals surface area contributed by atoms with E-state index in [1.54, 1.807) is 18.2 Å². The summed E-state index contributed by atoms with van der Waals surface area (Å²) < 4.78 is -0.480. The van der Waals surface area contributed by atoms with Gasteiger partial charge in [0.1, 0.15) is 0 Å². The molecular formula is C8H5Br3O2. The van der Waals surface area contributed by atoms with Crippen molar-refractivity contribution in [2.45, 2.75) is 3.23 Å². The molecular weight excluding hydrogens is 368 g/mol.